The molecule has 0 saturated heterocycles. The van der Waals surface area contributed by atoms with E-state index >= 15 is 0 Å². The molecule has 0 saturated carbocycles. The van der Waals surface area contributed by atoms with Gasteiger partial charge in [-0.1, -0.05) is 0 Å². The highest BCUT2D eigenvalue weighted by atomic mass is 35.5. The zero-order valence-corrected chi connectivity index (χ0v) is 5.89. The first-order chi connectivity index (χ1) is 5.07. The quantitative estimate of drug-likeness (QED) is 0.483. The number of rotatable bonds is 1. The van der Waals surface area contributed by atoms with Crippen molar-refractivity contribution in [2.24, 2.45) is 0 Å². The summed E-state index contributed by atoms with van der Waals surface area (Å²) in [5.74, 6) is -3.00. The van der Waals surface area contributed by atoms with Crippen molar-refractivity contribution < 1.29 is 31.1 Å². The van der Waals surface area contributed by atoms with Gasteiger partial charge in [-0.2, -0.15) is 26.3 Å². The molecular weight excluding hydrogens is 213 g/mol. The van der Waals surface area contributed by atoms with Crippen LogP contribution in [0.2, 0.25) is 0 Å². The number of carbonyl (C=O) groups is 1. The lowest BCUT2D eigenvalue weighted by Gasteiger charge is -2.13. The fourth-order valence-corrected chi connectivity index (χ4v) is 0.416. The van der Waals surface area contributed by atoms with Crippen LogP contribution in [0.3, 0.4) is 0 Å². The number of Topliss-reactive ketones (excluding diaryl/α,β-unsaturated/α-hetero) is 1. The summed E-state index contributed by atoms with van der Waals surface area (Å²) in [5, 5.41) is -3.52. The van der Waals surface area contributed by atoms with Crippen LogP contribution in [0.25, 0.3) is 0 Å². The van der Waals surface area contributed by atoms with E-state index in [0.717, 1.165) is 0 Å². The normalized spacial score (nSPS) is 15.9. The molecule has 0 rings (SSSR count). The van der Waals surface area contributed by atoms with Crippen LogP contribution in [0.15, 0.2) is 0 Å². The number of ketones is 1. The lowest BCUT2D eigenvalue weighted by Crippen LogP contribution is -2.40. The fraction of sp³-hybridized carbons (Fsp3) is 0.750. The molecule has 0 aromatic heterocycles. The number of halogens is 7. The van der Waals surface area contributed by atoms with Gasteiger partial charge in [0.2, 0.25) is 0 Å². The highest BCUT2D eigenvalue weighted by Gasteiger charge is 2.53. The molecule has 1 nitrogen and oxygen atoms in total. The van der Waals surface area contributed by atoms with Crippen molar-refractivity contribution in [2.45, 2.75) is 17.7 Å². The van der Waals surface area contributed by atoms with E-state index in [1.54, 1.807) is 0 Å². The van der Waals surface area contributed by atoms with Crippen molar-refractivity contribution in [3.05, 3.63) is 0 Å². The van der Waals surface area contributed by atoms with Gasteiger partial charge in [0.25, 0.3) is 5.78 Å². The van der Waals surface area contributed by atoms with Gasteiger partial charge in [-0.15, -0.1) is 11.6 Å². The van der Waals surface area contributed by atoms with Gasteiger partial charge in [0, 0.05) is 0 Å². The lowest BCUT2D eigenvalue weighted by atomic mass is 10.2. The number of hydrogen-bond donors (Lipinski definition) is 0. The Bertz CT molecular complexity index is 181. The summed E-state index contributed by atoms with van der Waals surface area (Å²) in [7, 11) is 0. The Kier molecular flexibility index (Phi) is 3.00. The zero-order valence-electron chi connectivity index (χ0n) is 5.13. The number of hydrogen-bond acceptors (Lipinski definition) is 1. The second-order valence-corrected chi connectivity index (χ2v) is 2.20. The molecule has 0 radical (unpaired) electrons. The van der Waals surface area contributed by atoms with Gasteiger partial charge in [-0.3, -0.25) is 4.79 Å². The van der Waals surface area contributed by atoms with Gasteiger partial charge in [0.05, 0.1) is 0 Å². The van der Waals surface area contributed by atoms with Crippen LogP contribution in [0.1, 0.15) is 0 Å². The summed E-state index contributed by atoms with van der Waals surface area (Å²) in [5.41, 5.74) is 0. The zero-order chi connectivity index (χ0) is 10.2. The number of alkyl halides is 7. The Balaban J connectivity index is 4.53. The Morgan fingerprint density at radius 2 is 1.42 bits per heavy atom. The summed E-state index contributed by atoms with van der Waals surface area (Å²) in [6, 6.07) is 0. The molecule has 8 heteroatoms. The second kappa shape index (κ2) is 3.12. The molecule has 0 fully saturated rings. The van der Waals surface area contributed by atoms with E-state index in [4.69, 9.17) is 0 Å². The van der Waals surface area contributed by atoms with Gasteiger partial charge in [0.1, 0.15) is 0 Å². The SMILES string of the molecule is O=C(C(Cl)C(F)(F)F)C(F)(F)F. The molecule has 0 bridgehead atoms. The summed E-state index contributed by atoms with van der Waals surface area (Å²) >= 11 is 4.20. The van der Waals surface area contributed by atoms with Crippen LogP contribution >= 0.6 is 11.6 Å². The first kappa shape index (κ1) is 11.5. The predicted molar refractivity (Wildman–Crippen MR) is 26.8 cm³/mol. The minimum absolute atomic E-state index is 3.00. The molecule has 0 aliphatic carbocycles. The standard InChI is InChI=1S/C4HClF6O/c5-1(3(6,7)8)2(12)4(9,10)11/h1H. The van der Waals surface area contributed by atoms with Crippen molar-refractivity contribution in [3.63, 3.8) is 0 Å². The molecule has 12 heavy (non-hydrogen) atoms. The van der Waals surface area contributed by atoms with Crippen LogP contribution in [0.5, 0.6) is 0 Å². The third kappa shape index (κ3) is 2.88. The van der Waals surface area contributed by atoms with E-state index in [1.165, 1.54) is 0 Å². The Hall–Kier alpha value is -0.460. The van der Waals surface area contributed by atoms with Gasteiger partial charge in [-0.05, 0) is 0 Å². The van der Waals surface area contributed by atoms with E-state index in [0.29, 0.717) is 0 Å². The van der Waals surface area contributed by atoms with Gasteiger partial charge in [-0.25, -0.2) is 0 Å². The minimum atomic E-state index is -5.55. The summed E-state index contributed by atoms with van der Waals surface area (Å²) in [6.45, 7) is 0. The average Bonchev–Trinajstić information content (AvgIpc) is 1.80. The molecule has 0 spiro atoms. The monoisotopic (exact) mass is 214 g/mol. The van der Waals surface area contributed by atoms with E-state index in [2.05, 4.69) is 11.6 Å². The van der Waals surface area contributed by atoms with Crippen molar-refractivity contribution in [1.82, 2.24) is 0 Å². The maximum Gasteiger partial charge on any atom is 0.451 e. The smallest absolute Gasteiger partial charge is 0.287 e. The Morgan fingerprint density at radius 3 is 1.50 bits per heavy atom. The van der Waals surface area contributed by atoms with Crippen LogP contribution in [0.4, 0.5) is 26.3 Å². The third-order valence-corrected chi connectivity index (χ3v) is 1.24. The predicted octanol–water partition coefficient (Wildman–Crippen LogP) is 2.29. The van der Waals surface area contributed by atoms with Gasteiger partial charge in [0.15, 0.2) is 5.38 Å². The van der Waals surface area contributed by atoms with E-state index in [-0.39, 0.29) is 0 Å². The van der Waals surface area contributed by atoms with Crippen molar-refractivity contribution in [3.8, 4) is 0 Å². The molecule has 0 heterocycles. The molecule has 1 unspecified atom stereocenters. The van der Waals surface area contributed by atoms with E-state index in [1.807, 2.05) is 0 Å². The van der Waals surface area contributed by atoms with Crippen molar-refractivity contribution in [2.75, 3.05) is 0 Å². The summed E-state index contributed by atoms with van der Waals surface area (Å²) in [4.78, 5) is 9.83. The molecule has 1 atom stereocenters. The van der Waals surface area contributed by atoms with Crippen LogP contribution in [-0.2, 0) is 4.79 Å². The molecule has 0 aromatic carbocycles. The van der Waals surface area contributed by atoms with Crippen LogP contribution < -0.4 is 0 Å². The average molecular weight is 214 g/mol. The van der Waals surface area contributed by atoms with E-state index in [9.17, 15) is 31.1 Å². The molecule has 0 N–H and O–H groups in total. The van der Waals surface area contributed by atoms with E-state index < -0.39 is 23.5 Å². The topological polar surface area (TPSA) is 17.1 Å². The Labute approximate surface area is 67.3 Å². The molecule has 0 aliphatic rings. The second-order valence-electron chi connectivity index (χ2n) is 1.77. The minimum Gasteiger partial charge on any atom is -0.287 e. The largest absolute Gasteiger partial charge is 0.451 e. The molecule has 0 aliphatic heterocycles. The lowest BCUT2D eigenvalue weighted by molar-refractivity contribution is -0.188. The van der Waals surface area contributed by atoms with Crippen molar-refractivity contribution in [1.29, 1.82) is 0 Å². The molecular formula is C4HClF6O. The summed E-state index contributed by atoms with van der Waals surface area (Å²) < 4.78 is 68.0. The fourth-order valence-electron chi connectivity index (χ4n) is 0.292. The molecule has 0 amide bonds. The van der Waals surface area contributed by atoms with Crippen LogP contribution in [-0.4, -0.2) is 23.5 Å². The van der Waals surface area contributed by atoms with Gasteiger partial charge < -0.3 is 0 Å². The highest BCUT2D eigenvalue weighted by Crippen LogP contribution is 2.31. The highest BCUT2D eigenvalue weighted by molar-refractivity contribution is 6.32. The maximum atomic E-state index is 11.4. The first-order valence-electron chi connectivity index (χ1n) is 2.38. The van der Waals surface area contributed by atoms with Crippen molar-refractivity contribution >= 4 is 17.4 Å². The first-order valence-corrected chi connectivity index (χ1v) is 2.82. The third-order valence-electron chi connectivity index (χ3n) is 0.797. The molecule has 0 aromatic rings. The molecule has 72 valence electrons. The number of carbonyl (C=O) groups excluding carboxylic acids is 1. The maximum absolute atomic E-state index is 11.4. The Morgan fingerprint density at radius 1 is 1.08 bits per heavy atom. The summed E-state index contributed by atoms with van der Waals surface area (Å²) in [6.07, 6.45) is -10.9. The van der Waals surface area contributed by atoms with Gasteiger partial charge >= 0.3 is 12.4 Å². The van der Waals surface area contributed by atoms with Crippen LogP contribution in [0, 0.1) is 0 Å².